The number of carboxylic acids is 1. The van der Waals surface area contributed by atoms with Gasteiger partial charge in [0.25, 0.3) is 0 Å². The van der Waals surface area contributed by atoms with Gasteiger partial charge in [0.15, 0.2) is 0 Å². The summed E-state index contributed by atoms with van der Waals surface area (Å²) < 4.78 is 0. The van der Waals surface area contributed by atoms with E-state index >= 15 is 0 Å². The fourth-order valence-electron chi connectivity index (χ4n) is 1.69. The number of phenolic OH excluding ortho intramolecular Hbond substituents is 1. The van der Waals surface area contributed by atoms with Gasteiger partial charge in [-0.1, -0.05) is 24.8 Å². The van der Waals surface area contributed by atoms with E-state index in [-0.39, 0.29) is 5.75 Å². The van der Waals surface area contributed by atoms with Crippen molar-refractivity contribution < 1.29 is 15.0 Å². The molecule has 0 unspecified atom stereocenters. The van der Waals surface area contributed by atoms with Gasteiger partial charge in [0.1, 0.15) is 5.75 Å². The fourth-order valence-corrected chi connectivity index (χ4v) is 2.61. The van der Waals surface area contributed by atoms with E-state index in [4.69, 9.17) is 0 Å². The fraction of sp³-hybridized carbons (Fsp3) is 0.133. The van der Waals surface area contributed by atoms with Crippen LogP contribution in [0.15, 0.2) is 52.3 Å². The second kappa shape index (κ2) is 5.80. The third-order valence-electron chi connectivity index (χ3n) is 2.75. The SMILES string of the molecule is CCc1ccc(Sc2ccc(O)cc2)c(C(=O)O)c1. The third kappa shape index (κ3) is 3.29. The van der Waals surface area contributed by atoms with Gasteiger partial charge in [-0.3, -0.25) is 0 Å². The Morgan fingerprint density at radius 3 is 2.42 bits per heavy atom. The average Bonchev–Trinajstić information content (AvgIpc) is 2.41. The molecule has 0 fully saturated rings. The normalized spacial score (nSPS) is 10.4. The van der Waals surface area contributed by atoms with Crippen LogP contribution in [-0.4, -0.2) is 16.2 Å². The molecule has 19 heavy (non-hydrogen) atoms. The highest BCUT2D eigenvalue weighted by molar-refractivity contribution is 7.99. The molecule has 0 spiro atoms. The van der Waals surface area contributed by atoms with Crippen LogP contribution in [0.5, 0.6) is 5.75 Å². The summed E-state index contributed by atoms with van der Waals surface area (Å²) in [5.41, 5.74) is 1.32. The molecule has 0 heterocycles. The van der Waals surface area contributed by atoms with E-state index in [2.05, 4.69) is 0 Å². The molecule has 0 aromatic heterocycles. The largest absolute Gasteiger partial charge is 0.508 e. The summed E-state index contributed by atoms with van der Waals surface area (Å²) in [7, 11) is 0. The summed E-state index contributed by atoms with van der Waals surface area (Å²) in [5, 5.41) is 18.5. The Hall–Kier alpha value is -1.94. The van der Waals surface area contributed by atoms with E-state index in [1.807, 2.05) is 19.1 Å². The minimum Gasteiger partial charge on any atom is -0.508 e. The predicted octanol–water partition coefficient (Wildman–Crippen LogP) is 3.80. The highest BCUT2D eigenvalue weighted by Gasteiger charge is 2.12. The molecule has 0 aliphatic rings. The molecule has 2 N–H and O–H groups in total. The van der Waals surface area contributed by atoms with Crippen molar-refractivity contribution in [3.05, 3.63) is 53.6 Å². The molecule has 0 amide bonds. The lowest BCUT2D eigenvalue weighted by Crippen LogP contribution is -2.00. The van der Waals surface area contributed by atoms with Crippen molar-refractivity contribution in [2.45, 2.75) is 23.1 Å². The van der Waals surface area contributed by atoms with E-state index < -0.39 is 5.97 Å². The first-order valence-corrected chi connectivity index (χ1v) is 6.75. The zero-order valence-electron chi connectivity index (χ0n) is 10.5. The average molecular weight is 274 g/mol. The van der Waals surface area contributed by atoms with E-state index in [0.717, 1.165) is 16.9 Å². The van der Waals surface area contributed by atoms with E-state index in [1.165, 1.54) is 11.8 Å². The maximum Gasteiger partial charge on any atom is 0.336 e. The van der Waals surface area contributed by atoms with Crippen LogP contribution >= 0.6 is 11.8 Å². The van der Waals surface area contributed by atoms with Gasteiger partial charge in [-0.15, -0.1) is 0 Å². The van der Waals surface area contributed by atoms with Gasteiger partial charge in [0, 0.05) is 9.79 Å². The Morgan fingerprint density at radius 1 is 1.16 bits per heavy atom. The van der Waals surface area contributed by atoms with E-state index in [0.29, 0.717) is 10.5 Å². The molecule has 0 aliphatic carbocycles. The van der Waals surface area contributed by atoms with Gasteiger partial charge in [-0.2, -0.15) is 0 Å². The number of aromatic carboxylic acids is 1. The highest BCUT2D eigenvalue weighted by atomic mass is 32.2. The van der Waals surface area contributed by atoms with E-state index in [1.54, 1.807) is 30.3 Å². The molecular formula is C15H14O3S. The zero-order valence-corrected chi connectivity index (χ0v) is 11.3. The summed E-state index contributed by atoms with van der Waals surface area (Å²) in [5.74, 6) is -0.722. The smallest absolute Gasteiger partial charge is 0.336 e. The summed E-state index contributed by atoms with van der Waals surface area (Å²) in [6.07, 6.45) is 0.810. The molecule has 0 radical (unpaired) electrons. The second-order valence-electron chi connectivity index (χ2n) is 4.09. The molecular weight excluding hydrogens is 260 g/mol. The summed E-state index contributed by atoms with van der Waals surface area (Å²) in [4.78, 5) is 12.9. The Bertz CT molecular complexity index is 591. The number of aryl methyl sites for hydroxylation is 1. The van der Waals surface area contributed by atoms with Crippen molar-refractivity contribution >= 4 is 17.7 Å². The Balaban J connectivity index is 2.33. The number of carbonyl (C=O) groups is 1. The van der Waals surface area contributed by atoms with Crippen LogP contribution in [0, 0.1) is 0 Å². The number of benzene rings is 2. The van der Waals surface area contributed by atoms with Crippen LogP contribution < -0.4 is 0 Å². The van der Waals surface area contributed by atoms with Crippen LogP contribution in [0.25, 0.3) is 0 Å². The first kappa shape index (κ1) is 13.5. The molecule has 0 saturated heterocycles. The first-order valence-electron chi connectivity index (χ1n) is 5.93. The number of aromatic hydroxyl groups is 1. The molecule has 3 nitrogen and oxygen atoms in total. The molecule has 98 valence electrons. The first-order chi connectivity index (χ1) is 9.10. The lowest BCUT2D eigenvalue weighted by Gasteiger charge is -2.08. The zero-order chi connectivity index (χ0) is 13.8. The second-order valence-corrected chi connectivity index (χ2v) is 5.20. The van der Waals surface area contributed by atoms with Crippen molar-refractivity contribution in [2.75, 3.05) is 0 Å². The van der Waals surface area contributed by atoms with Crippen molar-refractivity contribution in [3.63, 3.8) is 0 Å². The van der Waals surface area contributed by atoms with Crippen molar-refractivity contribution in [1.82, 2.24) is 0 Å². The Kier molecular flexibility index (Phi) is 4.12. The van der Waals surface area contributed by atoms with Crippen LogP contribution in [0.2, 0.25) is 0 Å². The van der Waals surface area contributed by atoms with Gasteiger partial charge in [0.2, 0.25) is 0 Å². The van der Waals surface area contributed by atoms with E-state index in [9.17, 15) is 15.0 Å². The number of phenols is 1. The number of hydrogen-bond donors (Lipinski definition) is 2. The highest BCUT2D eigenvalue weighted by Crippen LogP contribution is 2.32. The minimum absolute atomic E-state index is 0.198. The van der Waals surface area contributed by atoms with Crippen LogP contribution in [0.3, 0.4) is 0 Å². The molecule has 2 aromatic carbocycles. The molecule has 0 bridgehead atoms. The molecule has 4 heteroatoms. The number of carboxylic acid groups (broad SMARTS) is 1. The molecule has 2 aromatic rings. The summed E-state index contributed by atoms with van der Waals surface area (Å²) in [6, 6.07) is 12.2. The monoisotopic (exact) mass is 274 g/mol. The Labute approximate surface area is 115 Å². The van der Waals surface area contributed by atoms with Crippen molar-refractivity contribution in [3.8, 4) is 5.75 Å². The summed E-state index contributed by atoms with van der Waals surface area (Å²) in [6.45, 7) is 1.99. The van der Waals surface area contributed by atoms with Crippen LogP contribution in [-0.2, 0) is 6.42 Å². The quantitative estimate of drug-likeness (QED) is 0.890. The minimum atomic E-state index is -0.920. The predicted molar refractivity (Wildman–Crippen MR) is 75.0 cm³/mol. The lowest BCUT2D eigenvalue weighted by atomic mass is 10.1. The van der Waals surface area contributed by atoms with Crippen molar-refractivity contribution in [1.29, 1.82) is 0 Å². The Morgan fingerprint density at radius 2 is 1.84 bits per heavy atom. The molecule has 0 atom stereocenters. The maximum atomic E-state index is 11.3. The number of rotatable bonds is 4. The molecule has 2 rings (SSSR count). The van der Waals surface area contributed by atoms with Gasteiger partial charge in [-0.05, 0) is 48.4 Å². The van der Waals surface area contributed by atoms with Gasteiger partial charge in [-0.25, -0.2) is 4.79 Å². The van der Waals surface area contributed by atoms with Gasteiger partial charge < -0.3 is 10.2 Å². The third-order valence-corrected chi connectivity index (χ3v) is 3.83. The van der Waals surface area contributed by atoms with Gasteiger partial charge >= 0.3 is 5.97 Å². The van der Waals surface area contributed by atoms with Crippen LogP contribution in [0.4, 0.5) is 0 Å². The summed E-state index contributed by atoms with van der Waals surface area (Å²) >= 11 is 1.38. The van der Waals surface area contributed by atoms with Gasteiger partial charge in [0.05, 0.1) is 5.56 Å². The topological polar surface area (TPSA) is 57.5 Å². The van der Waals surface area contributed by atoms with Crippen molar-refractivity contribution in [2.24, 2.45) is 0 Å². The number of hydrogen-bond acceptors (Lipinski definition) is 3. The van der Waals surface area contributed by atoms with Crippen LogP contribution in [0.1, 0.15) is 22.8 Å². The molecule has 0 aliphatic heterocycles. The lowest BCUT2D eigenvalue weighted by molar-refractivity contribution is 0.0693. The molecule has 0 saturated carbocycles. The standard InChI is InChI=1S/C15H14O3S/c1-2-10-3-8-14(13(9-10)15(17)18)19-12-6-4-11(16)5-7-12/h3-9,16H,2H2,1H3,(H,17,18). The maximum absolute atomic E-state index is 11.3.